The lowest BCUT2D eigenvalue weighted by Crippen LogP contribution is -2.53. The number of ether oxygens (including phenoxy) is 3. The van der Waals surface area contributed by atoms with Gasteiger partial charge in [0.1, 0.15) is 31.0 Å². The molecular weight excluding hydrogens is 462 g/mol. The van der Waals surface area contributed by atoms with Crippen LogP contribution >= 0.6 is 0 Å². The third-order valence-corrected chi connectivity index (χ3v) is 4.54. The molecule has 2 atom stereocenters. The van der Waals surface area contributed by atoms with Crippen molar-refractivity contribution in [2.24, 2.45) is 5.92 Å². The highest BCUT2D eigenvalue weighted by Gasteiger charge is 2.29. The molecule has 2 aromatic heterocycles. The highest BCUT2D eigenvalue weighted by atomic mass is 16.6. The molecule has 0 aliphatic heterocycles. The Kier molecular flexibility index (Phi) is 9.17. The van der Waals surface area contributed by atoms with Crippen molar-refractivity contribution >= 4 is 35.1 Å². The summed E-state index contributed by atoms with van der Waals surface area (Å²) < 4.78 is 17.3. The Labute approximate surface area is 201 Å². The summed E-state index contributed by atoms with van der Waals surface area (Å²) in [4.78, 5) is 59.0. The van der Waals surface area contributed by atoms with Crippen molar-refractivity contribution in [3.05, 3.63) is 16.7 Å². The molecule has 194 valence electrons. The number of carbonyl (C=O) groups excluding carboxylic acids is 3. The molecule has 0 saturated heterocycles. The molecular formula is C21H33N7O7. The van der Waals surface area contributed by atoms with Gasteiger partial charge in [-0.1, -0.05) is 13.8 Å². The summed E-state index contributed by atoms with van der Waals surface area (Å²) in [6.07, 6.45) is 0.643. The van der Waals surface area contributed by atoms with Crippen LogP contribution in [0.1, 0.15) is 41.5 Å². The molecule has 0 unspecified atom stereocenters. The number of aromatic nitrogens is 4. The monoisotopic (exact) mass is 495 g/mol. The maximum Gasteiger partial charge on any atom is 0.408 e. The van der Waals surface area contributed by atoms with E-state index < -0.39 is 41.2 Å². The van der Waals surface area contributed by atoms with Crippen molar-refractivity contribution in [3.63, 3.8) is 0 Å². The zero-order chi connectivity index (χ0) is 26.3. The molecule has 14 nitrogen and oxygen atoms in total. The Balaban J connectivity index is 1.81. The maximum absolute atomic E-state index is 12.5. The van der Waals surface area contributed by atoms with Crippen LogP contribution in [0.4, 0.5) is 10.7 Å². The number of esters is 1. The van der Waals surface area contributed by atoms with Gasteiger partial charge in [0.15, 0.2) is 11.2 Å². The van der Waals surface area contributed by atoms with Crippen LogP contribution in [0.15, 0.2) is 11.1 Å². The zero-order valence-electron chi connectivity index (χ0n) is 20.7. The van der Waals surface area contributed by atoms with Crippen molar-refractivity contribution in [3.8, 4) is 0 Å². The number of H-pyrrole nitrogens is 1. The zero-order valence-corrected chi connectivity index (χ0v) is 20.7. The normalized spacial score (nSPS) is 13.3. The smallest absolute Gasteiger partial charge is 0.408 e. The van der Waals surface area contributed by atoms with Gasteiger partial charge >= 0.3 is 12.1 Å². The minimum absolute atomic E-state index is 0.00212. The first-order chi connectivity index (χ1) is 16.3. The van der Waals surface area contributed by atoms with Gasteiger partial charge in [-0.2, -0.15) is 4.98 Å². The van der Waals surface area contributed by atoms with Crippen LogP contribution in [0.3, 0.4) is 0 Å². The van der Waals surface area contributed by atoms with Crippen molar-refractivity contribution < 1.29 is 28.6 Å². The Bertz CT molecular complexity index is 1100. The van der Waals surface area contributed by atoms with Gasteiger partial charge in [-0.3, -0.25) is 19.1 Å². The van der Waals surface area contributed by atoms with Gasteiger partial charge in [0.25, 0.3) is 5.56 Å². The minimum Gasteiger partial charge on any atom is -0.462 e. The first kappa shape index (κ1) is 27.6. The van der Waals surface area contributed by atoms with E-state index >= 15 is 0 Å². The van der Waals surface area contributed by atoms with Crippen LogP contribution in [0, 0.1) is 5.92 Å². The second-order valence-corrected chi connectivity index (χ2v) is 9.14. The number of nitrogens with two attached hydrogens (primary N) is 1. The number of amides is 2. The van der Waals surface area contributed by atoms with E-state index in [-0.39, 0.29) is 43.0 Å². The third-order valence-electron chi connectivity index (χ3n) is 4.54. The number of fused-ring (bicyclic) bond motifs is 1. The van der Waals surface area contributed by atoms with Gasteiger partial charge in [-0.25, -0.2) is 14.6 Å². The molecule has 5 N–H and O–H groups in total. The van der Waals surface area contributed by atoms with E-state index in [1.165, 1.54) is 17.8 Å². The van der Waals surface area contributed by atoms with Crippen LogP contribution < -0.4 is 21.9 Å². The number of alkyl carbamates (subject to hydrolysis) is 1. The van der Waals surface area contributed by atoms with Crippen LogP contribution in [-0.2, 0) is 30.5 Å². The number of hydrogen-bond donors (Lipinski definition) is 4. The van der Waals surface area contributed by atoms with Gasteiger partial charge in [-0.05, 0) is 33.6 Å². The molecule has 2 rings (SSSR count). The summed E-state index contributed by atoms with van der Waals surface area (Å²) in [5.41, 5.74) is 4.77. The Morgan fingerprint density at radius 1 is 1.17 bits per heavy atom. The fourth-order valence-electron chi connectivity index (χ4n) is 2.85. The molecule has 0 aliphatic rings. The number of rotatable bonds is 10. The Hall–Kier alpha value is -3.68. The number of aromatic amines is 1. The second kappa shape index (κ2) is 11.6. The van der Waals surface area contributed by atoms with E-state index in [4.69, 9.17) is 19.9 Å². The molecule has 2 heterocycles. The summed E-state index contributed by atoms with van der Waals surface area (Å²) >= 11 is 0. The van der Waals surface area contributed by atoms with Crippen molar-refractivity contribution in [1.82, 2.24) is 30.2 Å². The summed E-state index contributed by atoms with van der Waals surface area (Å²) in [5.74, 6) is -1.52. The second-order valence-electron chi connectivity index (χ2n) is 9.14. The van der Waals surface area contributed by atoms with Crippen molar-refractivity contribution in [1.29, 1.82) is 0 Å². The number of hydrogen-bond acceptors (Lipinski definition) is 10. The SMILES string of the molecule is CC(C)[C@H](NC(=O)[C@H](C)NC(=O)OC(C)(C)C)C(=O)OCCOCn1cnc2c(=O)[nH]c(N)nc21. The third kappa shape index (κ3) is 8.24. The highest BCUT2D eigenvalue weighted by Crippen LogP contribution is 2.09. The van der Waals surface area contributed by atoms with E-state index in [2.05, 4.69) is 25.6 Å². The van der Waals surface area contributed by atoms with Gasteiger partial charge < -0.3 is 30.6 Å². The van der Waals surface area contributed by atoms with Gasteiger partial charge in [0, 0.05) is 0 Å². The van der Waals surface area contributed by atoms with Gasteiger partial charge in [0.05, 0.1) is 12.9 Å². The van der Waals surface area contributed by atoms with E-state index in [0.717, 1.165) is 0 Å². The number of nitrogens with one attached hydrogen (secondary N) is 3. The van der Waals surface area contributed by atoms with Crippen LogP contribution in [0.25, 0.3) is 11.2 Å². The predicted molar refractivity (Wildman–Crippen MR) is 125 cm³/mol. The van der Waals surface area contributed by atoms with E-state index in [9.17, 15) is 19.2 Å². The average Bonchev–Trinajstić information content (AvgIpc) is 3.12. The maximum atomic E-state index is 12.5. The fourth-order valence-corrected chi connectivity index (χ4v) is 2.85. The molecule has 14 heteroatoms. The molecule has 0 saturated carbocycles. The van der Waals surface area contributed by atoms with Crippen molar-refractivity contribution in [2.45, 2.75) is 66.0 Å². The topological polar surface area (TPSA) is 193 Å². The summed E-state index contributed by atoms with van der Waals surface area (Å²) in [7, 11) is 0. The summed E-state index contributed by atoms with van der Waals surface area (Å²) in [5, 5.41) is 5.01. The lowest BCUT2D eigenvalue weighted by atomic mass is 10.0. The fraction of sp³-hybridized carbons (Fsp3) is 0.619. The first-order valence-corrected chi connectivity index (χ1v) is 11.0. The molecule has 0 aromatic carbocycles. The van der Waals surface area contributed by atoms with E-state index in [0.29, 0.717) is 0 Å². The minimum atomic E-state index is -0.929. The largest absolute Gasteiger partial charge is 0.462 e. The molecule has 2 amide bonds. The van der Waals surface area contributed by atoms with Crippen LogP contribution in [0.2, 0.25) is 0 Å². The molecule has 2 aromatic rings. The first-order valence-electron chi connectivity index (χ1n) is 11.0. The molecule has 0 spiro atoms. The van der Waals surface area contributed by atoms with Crippen molar-refractivity contribution in [2.75, 3.05) is 18.9 Å². The number of nitrogens with zero attached hydrogens (tertiary/aromatic N) is 3. The van der Waals surface area contributed by atoms with Gasteiger partial charge in [-0.15, -0.1) is 0 Å². The molecule has 0 radical (unpaired) electrons. The molecule has 35 heavy (non-hydrogen) atoms. The lowest BCUT2D eigenvalue weighted by molar-refractivity contribution is -0.151. The predicted octanol–water partition coefficient (Wildman–Crippen LogP) is 0.273. The number of carbonyl (C=O) groups is 3. The van der Waals surface area contributed by atoms with E-state index in [1.54, 1.807) is 34.6 Å². The molecule has 0 bridgehead atoms. The van der Waals surface area contributed by atoms with Crippen LogP contribution in [-0.4, -0.2) is 68.4 Å². The highest BCUT2D eigenvalue weighted by molar-refractivity contribution is 5.89. The average molecular weight is 496 g/mol. The number of anilines is 1. The summed E-state index contributed by atoms with van der Waals surface area (Å²) in [6.45, 7) is 10.1. The summed E-state index contributed by atoms with van der Waals surface area (Å²) in [6, 6.07) is -1.86. The Morgan fingerprint density at radius 2 is 1.86 bits per heavy atom. The van der Waals surface area contributed by atoms with E-state index in [1.807, 2.05) is 0 Å². The molecule has 0 fully saturated rings. The Morgan fingerprint density at radius 3 is 2.49 bits per heavy atom. The quantitative estimate of drug-likeness (QED) is 0.263. The lowest BCUT2D eigenvalue weighted by Gasteiger charge is -2.24. The standard InChI is InChI=1S/C21H33N7O7/c1-11(2)13(25-16(29)12(3)24-20(32)35-21(4,5)6)18(31)34-8-7-33-10-28-9-23-14-15(28)26-19(22)27-17(14)30/h9,11-13H,7-8,10H2,1-6H3,(H,24,32)(H,25,29)(H3,22,26,27,30)/t12-,13-/m0/s1. The van der Waals surface area contributed by atoms with Gasteiger partial charge in [0.2, 0.25) is 11.9 Å². The number of nitrogen functional groups attached to an aromatic ring is 1. The number of imidazole rings is 1. The molecule has 0 aliphatic carbocycles. The van der Waals surface area contributed by atoms with Crippen LogP contribution in [0.5, 0.6) is 0 Å².